The van der Waals surface area contributed by atoms with Crippen LogP contribution in [0.15, 0.2) is 64.8 Å². The van der Waals surface area contributed by atoms with E-state index in [1.165, 1.54) is 15.6 Å². The van der Waals surface area contributed by atoms with Gasteiger partial charge in [-0.3, -0.25) is 0 Å². The number of sulfonamides is 1. The van der Waals surface area contributed by atoms with Gasteiger partial charge in [0, 0.05) is 36.5 Å². The lowest BCUT2D eigenvalue weighted by Gasteiger charge is -2.31. The Hall–Kier alpha value is -3.07. The summed E-state index contributed by atoms with van der Waals surface area (Å²) in [5, 5.41) is 18.7. The van der Waals surface area contributed by atoms with Crippen molar-refractivity contribution in [2.24, 2.45) is 17.8 Å². The van der Waals surface area contributed by atoms with Crippen molar-refractivity contribution in [3.63, 3.8) is 0 Å². The molecule has 46 heavy (non-hydrogen) atoms. The van der Waals surface area contributed by atoms with Crippen molar-refractivity contribution in [3.8, 4) is 0 Å². The number of anilines is 1. The predicted octanol–water partition coefficient (Wildman–Crippen LogP) is 4.49. The van der Waals surface area contributed by atoms with Gasteiger partial charge < -0.3 is 30.0 Å². The minimum absolute atomic E-state index is 0.00785. The normalized spacial score (nSPS) is 23.7. The van der Waals surface area contributed by atoms with E-state index < -0.39 is 28.3 Å². The number of carbonyl (C=O) groups excluding carboxylic acids is 1. The summed E-state index contributed by atoms with van der Waals surface area (Å²) in [6, 6.07) is 14.0. The van der Waals surface area contributed by atoms with E-state index in [2.05, 4.69) is 15.6 Å². The molecule has 5 atom stereocenters. The van der Waals surface area contributed by atoms with Crippen LogP contribution in [0.5, 0.6) is 0 Å². The number of fused-ring (bicyclic) bond motifs is 2. The molecule has 0 radical (unpaired) electrons. The Labute approximate surface area is 273 Å². The van der Waals surface area contributed by atoms with E-state index in [4.69, 9.17) is 14.2 Å². The van der Waals surface area contributed by atoms with Gasteiger partial charge in [0.2, 0.25) is 10.0 Å². The molecule has 2 aliphatic carbocycles. The summed E-state index contributed by atoms with van der Waals surface area (Å²) >= 11 is 1.44. The highest BCUT2D eigenvalue weighted by Gasteiger charge is 2.49. The summed E-state index contributed by atoms with van der Waals surface area (Å²) in [7, 11) is -4.00. The Morgan fingerprint density at radius 3 is 2.72 bits per heavy atom. The first-order chi connectivity index (χ1) is 22.1. The lowest BCUT2D eigenvalue weighted by molar-refractivity contribution is -0.161. The smallest absolute Gasteiger partial charge is 0.412 e. The zero-order chi connectivity index (χ0) is 32.0. The third-order valence-electron chi connectivity index (χ3n) is 9.00. The van der Waals surface area contributed by atoms with Crippen LogP contribution in [0.4, 0.5) is 9.93 Å². The molecule has 2 bridgehead atoms. The maximum absolute atomic E-state index is 14.1. The molecule has 1 amide bonds. The Bertz CT molecular complexity index is 1720. The number of benzene rings is 2. The summed E-state index contributed by atoms with van der Waals surface area (Å²) in [5.41, 5.74) is 2.59. The van der Waals surface area contributed by atoms with Crippen LogP contribution in [0.25, 0.3) is 10.2 Å². The van der Waals surface area contributed by atoms with Crippen molar-refractivity contribution in [2.75, 3.05) is 31.6 Å². The van der Waals surface area contributed by atoms with Gasteiger partial charge in [0.05, 0.1) is 40.5 Å². The average molecular weight is 669 g/mol. The fourth-order valence-corrected chi connectivity index (χ4v) is 9.24. The molecule has 3 fully saturated rings. The van der Waals surface area contributed by atoms with E-state index in [1.54, 1.807) is 18.2 Å². The van der Waals surface area contributed by atoms with Crippen molar-refractivity contribution in [1.82, 2.24) is 14.6 Å². The van der Waals surface area contributed by atoms with Crippen LogP contribution < -0.4 is 10.6 Å². The molecule has 2 aliphatic heterocycles. The number of carbonyl (C=O) groups is 1. The van der Waals surface area contributed by atoms with Gasteiger partial charge in [-0.2, -0.15) is 4.31 Å². The van der Waals surface area contributed by atoms with Crippen LogP contribution in [-0.2, 0) is 30.7 Å². The molecule has 3 unspecified atom stereocenters. The van der Waals surface area contributed by atoms with Crippen LogP contribution in [0, 0.1) is 17.8 Å². The van der Waals surface area contributed by atoms with Gasteiger partial charge in [0.25, 0.3) is 0 Å². The molecule has 1 saturated carbocycles. The first-order valence-electron chi connectivity index (χ1n) is 16.0. The van der Waals surface area contributed by atoms with Crippen molar-refractivity contribution >= 4 is 42.8 Å². The van der Waals surface area contributed by atoms with Gasteiger partial charge in [0.1, 0.15) is 5.76 Å². The zero-order valence-corrected chi connectivity index (χ0v) is 27.6. The van der Waals surface area contributed by atoms with Gasteiger partial charge in [0.15, 0.2) is 11.4 Å². The molecule has 3 aromatic rings. The second-order valence-electron chi connectivity index (χ2n) is 13.1. The van der Waals surface area contributed by atoms with Crippen LogP contribution in [0.3, 0.4) is 0 Å². The first-order valence-corrected chi connectivity index (χ1v) is 18.2. The lowest BCUT2D eigenvalue weighted by atomic mass is 9.99. The van der Waals surface area contributed by atoms with E-state index in [1.807, 2.05) is 44.2 Å². The number of ether oxygens (including phenoxy) is 3. The van der Waals surface area contributed by atoms with Gasteiger partial charge in [-0.1, -0.05) is 55.5 Å². The summed E-state index contributed by atoms with van der Waals surface area (Å²) < 4.78 is 47.6. The number of nitrogens with zero attached hydrogens (tertiary/aromatic N) is 2. The lowest BCUT2D eigenvalue weighted by Crippen LogP contribution is -2.51. The predicted molar refractivity (Wildman–Crippen MR) is 174 cm³/mol. The molecule has 2 aromatic carbocycles. The molecule has 1 aromatic heterocycles. The van der Waals surface area contributed by atoms with Crippen molar-refractivity contribution in [2.45, 2.75) is 68.9 Å². The molecule has 4 aliphatic rings. The minimum Gasteiger partial charge on any atom is -0.414 e. The number of hydrogen-bond donors (Lipinski definition) is 3. The third kappa shape index (κ3) is 6.67. The van der Waals surface area contributed by atoms with Gasteiger partial charge in [-0.15, -0.1) is 0 Å². The molecular weight excluding hydrogens is 629 g/mol. The molecule has 2 saturated heterocycles. The number of alkyl carbamates (subject to hydrolysis) is 1. The van der Waals surface area contributed by atoms with E-state index >= 15 is 0 Å². The molecule has 11 nitrogen and oxygen atoms in total. The maximum Gasteiger partial charge on any atom is 0.412 e. The first kappa shape index (κ1) is 31.5. The highest BCUT2D eigenvalue weighted by Crippen LogP contribution is 2.48. The molecule has 7 rings (SSSR count). The number of aliphatic hydroxyl groups excluding tert-OH is 1. The van der Waals surface area contributed by atoms with Crippen LogP contribution in [-0.4, -0.2) is 79.7 Å². The summed E-state index contributed by atoms with van der Waals surface area (Å²) in [5.74, 6) is 0.677. The minimum atomic E-state index is -4.00. The monoisotopic (exact) mass is 668 g/mol. The maximum atomic E-state index is 14.1. The number of hydrogen-bond acceptors (Lipinski definition) is 10. The van der Waals surface area contributed by atoms with E-state index in [-0.39, 0.29) is 48.4 Å². The van der Waals surface area contributed by atoms with E-state index in [0.29, 0.717) is 25.0 Å². The number of aromatic nitrogens is 1. The SMILES string of the molecule is CC(C)CN(C[C@@H](O)[C@H](Cc1ccccc1)NC(=O)OC1=C2COC3OCC1CC23)S(=O)(=O)c1ccc2nc(NC3CC3)sc2c1. The zero-order valence-electron chi connectivity index (χ0n) is 25.9. The van der Waals surface area contributed by atoms with Crippen molar-refractivity contribution in [1.29, 1.82) is 0 Å². The summed E-state index contributed by atoms with van der Waals surface area (Å²) in [6.07, 6.45) is 1.13. The number of nitrogens with one attached hydrogen (secondary N) is 2. The Kier molecular flexibility index (Phi) is 8.81. The third-order valence-corrected chi connectivity index (χ3v) is 11.8. The van der Waals surface area contributed by atoms with Gasteiger partial charge >= 0.3 is 6.09 Å². The second kappa shape index (κ2) is 12.9. The van der Waals surface area contributed by atoms with E-state index in [9.17, 15) is 18.3 Å². The quantitative estimate of drug-likeness (QED) is 0.240. The standard InChI is InChI=1S/C33H40N4O7S2/c1-19(2)15-37(46(40,41)23-10-11-26-29(14-23)45-32(35-26)34-22-8-9-22)16-28(38)27(12-20-6-4-3-5-7-20)36-33(39)44-30-21-13-24-25(30)18-43-31(24)42-17-21/h3-7,10-11,14,19,21-22,24,27-28,31,38H,8-9,12-13,15-18H2,1-2H3,(H,34,35)(H,36,39)/t21?,24?,27-,28+,31?/m0/s1. The molecule has 13 heteroatoms. The number of amides is 1. The molecule has 0 spiro atoms. The van der Waals surface area contributed by atoms with E-state index in [0.717, 1.165) is 45.7 Å². The van der Waals surface area contributed by atoms with Gasteiger partial charge in [-0.05, 0) is 55.4 Å². The molecular formula is C33H40N4O7S2. The topological polar surface area (TPSA) is 139 Å². The Morgan fingerprint density at radius 1 is 1.15 bits per heavy atom. The fourth-order valence-electron chi connectivity index (χ4n) is 6.53. The van der Waals surface area contributed by atoms with Crippen molar-refractivity contribution in [3.05, 3.63) is 65.4 Å². The highest BCUT2D eigenvalue weighted by atomic mass is 32.2. The largest absolute Gasteiger partial charge is 0.414 e. The highest BCUT2D eigenvalue weighted by molar-refractivity contribution is 7.89. The number of thiazole rings is 1. The van der Waals surface area contributed by atoms with Crippen LogP contribution in [0.2, 0.25) is 0 Å². The Balaban J connectivity index is 1.11. The summed E-state index contributed by atoms with van der Waals surface area (Å²) in [4.78, 5) is 18.1. The Morgan fingerprint density at radius 2 is 1.96 bits per heavy atom. The summed E-state index contributed by atoms with van der Waals surface area (Å²) in [6.45, 7) is 4.65. The van der Waals surface area contributed by atoms with Crippen LogP contribution >= 0.6 is 11.3 Å². The number of rotatable bonds is 13. The molecule has 246 valence electrons. The number of aliphatic hydroxyl groups is 1. The second-order valence-corrected chi connectivity index (χ2v) is 16.1. The van der Waals surface area contributed by atoms with Crippen molar-refractivity contribution < 1.29 is 32.5 Å². The molecule has 3 N–H and O–H groups in total. The van der Waals surface area contributed by atoms with Crippen LogP contribution in [0.1, 0.15) is 38.7 Å². The molecule has 3 heterocycles. The van der Waals surface area contributed by atoms with Gasteiger partial charge in [-0.25, -0.2) is 18.2 Å². The average Bonchev–Trinajstić information content (AvgIpc) is 3.48. The fraction of sp³-hybridized carbons (Fsp3) is 0.515.